The van der Waals surface area contributed by atoms with Crippen molar-refractivity contribution in [2.45, 2.75) is 77.3 Å². The molecule has 0 aromatic heterocycles. The molecule has 1 unspecified atom stereocenters. The van der Waals surface area contributed by atoms with Gasteiger partial charge in [-0.05, 0) is 38.5 Å². The molecule has 0 aromatic rings. The van der Waals surface area contributed by atoms with Gasteiger partial charge in [-0.25, -0.2) is 0 Å². The zero-order chi connectivity index (χ0) is 14.8. The van der Waals surface area contributed by atoms with E-state index in [1.807, 2.05) is 4.90 Å². The van der Waals surface area contributed by atoms with Gasteiger partial charge in [-0.2, -0.15) is 0 Å². The fourth-order valence-electron chi connectivity index (χ4n) is 3.58. The van der Waals surface area contributed by atoms with Crippen molar-refractivity contribution < 1.29 is 9.59 Å². The quantitative estimate of drug-likeness (QED) is 0.860. The Morgan fingerprint density at radius 2 is 1.90 bits per heavy atom. The molecule has 1 spiro atoms. The smallest absolute Gasteiger partial charge is 0.246 e. The Bertz CT molecular complexity index is 373. The first-order chi connectivity index (χ1) is 9.47. The largest absolute Gasteiger partial charge is 0.343 e. The minimum absolute atomic E-state index is 0.0776. The molecule has 4 heteroatoms. The molecule has 2 amide bonds. The van der Waals surface area contributed by atoms with E-state index in [4.69, 9.17) is 0 Å². The van der Waals surface area contributed by atoms with Crippen molar-refractivity contribution in [3.8, 4) is 0 Å². The maximum absolute atomic E-state index is 12.5. The van der Waals surface area contributed by atoms with Crippen LogP contribution >= 0.6 is 0 Å². The maximum Gasteiger partial charge on any atom is 0.246 e. The van der Waals surface area contributed by atoms with Crippen LogP contribution in [-0.2, 0) is 9.59 Å². The maximum atomic E-state index is 12.5. The number of rotatable bonds is 4. The van der Waals surface area contributed by atoms with E-state index in [2.05, 4.69) is 19.2 Å². The number of nitrogens with zero attached hydrogens (tertiary/aromatic N) is 1. The van der Waals surface area contributed by atoms with E-state index in [-0.39, 0.29) is 17.9 Å². The summed E-state index contributed by atoms with van der Waals surface area (Å²) in [7, 11) is 0. The van der Waals surface area contributed by atoms with Crippen LogP contribution in [0, 0.1) is 5.92 Å². The number of carbonyl (C=O) groups excluding carboxylic acids is 2. The van der Waals surface area contributed by atoms with E-state index in [1.54, 1.807) is 6.92 Å². The Labute approximate surface area is 122 Å². The molecule has 0 bridgehead atoms. The topological polar surface area (TPSA) is 49.4 Å². The first-order valence-corrected chi connectivity index (χ1v) is 8.10. The van der Waals surface area contributed by atoms with Gasteiger partial charge < -0.3 is 10.2 Å². The van der Waals surface area contributed by atoms with Gasteiger partial charge in [-0.1, -0.05) is 33.1 Å². The minimum Gasteiger partial charge on any atom is -0.343 e. The molecule has 2 rings (SSSR count). The molecule has 2 fully saturated rings. The van der Waals surface area contributed by atoms with Crippen molar-refractivity contribution in [1.82, 2.24) is 10.2 Å². The lowest BCUT2D eigenvalue weighted by Crippen LogP contribution is -2.70. The molecule has 114 valence electrons. The van der Waals surface area contributed by atoms with E-state index >= 15 is 0 Å². The summed E-state index contributed by atoms with van der Waals surface area (Å²) in [5.41, 5.74) is -0.543. The fourth-order valence-corrected chi connectivity index (χ4v) is 3.58. The standard InChI is InChI=1S/C16H28N2O2/c1-12(2)8-7-11-18-14(19)13(3)17-15(20)16(18)9-5-4-6-10-16/h12-13H,4-11H2,1-3H3,(H,17,20). The van der Waals surface area contributed by atoms with Crippen molar-refractivity contribution >= 4 is 11.8 Å². The first kappa shape index (κ1) is 15.3. The second kappa shape index (κ2) is 6.15. The van der Waals surface area contributed by atoms with Crippen LogP contribution in [0.25, 0.3) is 0 Å². The third-order valence-corrected chi connectivity index (χ3v) is 4.77. The van der Waals surface area contributed by atoms with E-state index in [1.165, 1.54) is 6.42 Å². The van der Waals surface area contributed by atoms with Crippen molar-refractivity contribution in [1.29, 1.82) is 0 Å². The van der Waals surface area contributed by atoms with Crippen LogP contribution in [0.2, 0.25) is 0 Å². The van der Waals surface area contributed by atoms with Gasteiger partial charge in [0.25, 0.3) is 0 Å². The zero-order valence-electron chi connectivity index (χ0n) is 13.1. The van der Waals surface area contributed by atoms with E-state index < -0.39 is 5.54 Å². The summed E-state index contributed by atoms with van der Waals surface area (Å²) >= 11 is 0. The van der Waals surface area contributed by atoms with Gasteiger partial charge in [0.15, 0.2) is 0 Å². The molecule has 1 heterocycles. The predicted molar refractivity (Wildman–Crippen MR) is 79.2 cm³/mol. The number of piperazine rings is 1. The average molecular weight is 280 g/mol. The van der Waals surface area contributed by atoms with Crippen molar-refractivity contribution in [3.63, 3.8) is 0 Å². The molecule has 0 aromatic carbocycles. The van der Waals surface area contributed by atoms with E-state index in [0.717, 1.165) is 45.1 Å². The lowest BCUT2D eigenvalue weighted by molar-refractivity contribution is -0.159. The lowest BCUT2D eigenvalue weighted by Gasteiger charge is -2.49. The van der Waals surface area contributed by atoms with Crippen LogP contribution in [0.5, 0.6) is 0 Å². The van der Waals surface area contributed by atoms with Gasteiger partial charge in [0.2, 0.25) is 11.8 Å². The van der Waals surface area contributed by atoms with E-state index in [0.29, 0.717) is 5.92 Å². The summed E-state index contributed by atoms with van der Waals surface area (Å²) in [6.07, 6.45) is 7.04. The number of amides is 2. The summed E-state index contributed by atoms with van der Waals surface area (Å²) in [6, 6.07) is -0.367. The molecule has 2 aliphatic rings. The molecular formula is C16H28N2O2. The average Bonchev–Trinajstić information content (AvgIpc) is 2.42. The van der Waals surface area contributed by atoms with Crippen LogP contribution in [0.4, 0.5) is 0 Å². The normalized spacial score (nSPS) is 26.2. The summed E-state index contributed by atoms with van der Waals surface area (Å²) in [5.74, 6) is 0.826. The summed E-state index contributed by atoms with van der Waals surface area (Å²) < 4.78 is 0. The molecule has 1 atom stereocenters. The minimum atomic E-state index is -0.543. The molecule has 1 saturated carbocycles. The summed E-state index contributed by atoms with van der Waals surface area (Å²) in [5, 5.41) is 2.89. The highest BCUT2D eigenvalue weighted by Crippen LogP contribution is 2.36. The van der Waals surface area contributed by atoms with Gasteiger partial charge >= 0.3 is 0 Å². The number of hydrogen-bond donors (Lipinski definition) is 1. The molecule has 1 N–H and O–H groups in total. The van der Waals surface area contributed by atoms with Gasteiger partial charge in [-0.15, -0.1) is 0 Å². The van der Waals surface area contributed by atoms with Gasteiger partial charge in [0.1, 0.15) is 11.6 Å². The third-order valence-electron chi connectivity index (χ3n) is 4.77. The second-order valence-corrected chi connectivity index (χ2v) is 6.81. The van der Waals surface area contributed by atoms with Crippen LogP contribution in [0.3, 0.4) is 0 Å². The van der Waals surface area contributed by atoms with Crippen LogP contribution < -0.4 is 5.32 Å². The Kier molecular flexibility index (Phi) is 4.71. The number of nitrogens with one attached hydrogen (secondary N) is 1. The SMILES string of the molecule is CC(C)CCCN1C(=O)C(C)NC(=O)C12CCCCC2. The van der Waals surface area contributed by atoms with Crippen LogP contribution in [-0.4, -0.2) is 34.8 Å². The highest BCUT2D eigenvalue weighted by atomic mass is 16.2. The van der Waals surface area contributed by atoms with Crippen LogP contribution in [0.1, 0.15) is 65.7 Å². The Hall–Kier alpha value is -1.06. The Morgan fingerprint density at radius 3 is 2.50 bits per heavy atom. The highest BCUT2D eigenvalue weighted by Gasteiger charge is 2.51. The molecule has 1 aliphatic heterocycles. The molecule has 1 aliphatic carbocycles. The number of hydrogen-bond acceptors (Lipinski definition) is 2. The van der Waals surface area contributed by atoms with Crippen molar-refractivity contribution in [2.24, 2.45) is 5.92 Å². The Morgan fingerprint density at radius 1 is 1.25 bits per heavy atom. The van der Waals surface area contributed by atoms with E-state index in [9.17, 15) is 9.59 Å². The zero-order valence-corrected chi connectivity index (χ0v) is 13.1. The summed E-state index contributed by atoms with van der Waals surface area (Å²) in [4.78, 5) is 27.0. The third kappa shape index (κ3) is 2.84. The van der Waals surface area contributed by atoms with Crippen molar-refractivity contribution in [3.05, 3.63) is 0 Å². The molecule has 1 saturated heterocycles. The molecule has 20 heavy (non-hydrogen) atoms. The lowest BCUT2D eigenvalue weighted by atomic mass is 9.77. The molecular weight excluding hydrogens is 252 g/mol. The van der Waals surface area contributed by atoms with Gasteiger partial charge in [0, 0.05) is 6.54 Å². The first-order valence-electron chi connectivity index (χ1n) is 8.10. The predicted octanol–water partition coefficient (Wildman–Crippen LogP) is 2.47. The highest BCUT2D eigenvalue weighted by molar-refractivity contribution is 5.99. The van der Waals surface area contributed by atoms with Crippen LogP contribution in [0.15, 0.2) is 0 Å². The van der Waals surface area contributed by atoms with Gasteiger partial charge in [-0.3, -0.25) is 9.59 Å². The molecule has 0 radical (unpaired) electrons. The second-order valence-electron chi connectivity index (χ2n) is 6.81. The van der Waals surface area contributed by atoms with Gasteiger partial charge in [0.05, 0.1) is 0 Å². The number of carbonyl (C=O) groups is 2. The summed E-state index contributed by atoms with van der Waals surface area (Å²) in [6.45, 7) is 6.92. The monoisotopic (exact) mass is 280 g/mol. The van der Waals surface area contributed by atoms with Crippen molar-refractivity contribution in [2.75, 3.05) is 6.54 Å². The fraction of sp³-hybridized carbons (Fsp3) is 0.875. The molecule has 4 nitrogen and oxygen atoms in total. The Balaban J connectivity index is 2.15.